The maximum absolute atomic E-state index is 13.2. The highest BCUT2D eigenvalue weighted by Crippen LogP contribution is 2.34. The van der Waals surface area contributed by atoms with Crippen molar-refractivity contribution < 1.29 is 4.79 Å². The largest absolute Gasteiger partial charge is 0.381 e. The van der Waals surface area contributed by atoms with Crippen LogP contribution >= 0.6 is 11.3 Å². The second-order valence-corrected chi connectivity index (χ2v) is 8.37. The number of nitrogens with zero attached hydrogens (tertiary/aromatic N) is 4. The van der Waals surface area contributed by atoms with Gasteiger partial charge in [0.1, 0.15) is 10.4 Å². The highest BCUT2D eigenvalue weighted by atomic mass is 32.1. The van der Waals surface area contributed by atoms with Gasteiger partial charge in [-0.1, -0.05) is 36.3 Å². The van der Waals surface area contributed by atoms with Gasteiger partial charge in [0.15, 0.2) is 11.5 Å². The van der Waals surface area contributed by atoms with Gasteiger partial charge in [0.25, 0.3) is 5.91 Å². The van der Waals surface area contributed by atoms with Gasteiger partial charge in [-0.3, -0.25) is 4.79 Å². The number of anilines is 1. The van der Waals surface area contributed by atoms with Crippen LogP contribution in [0.5, 0.6) is 0 Å². The minimum absolute atomic E-state index is 0.131. The van der Waals surface area contributed by atoms with Crippen LogP contribution < -0.4 is 11.1 Å². The first kappa shape index (κ1) is 20.7. The normalized spacial score (nSPS) is 11.8. The average molecular weight is 453 g/mol. The molecule has 0 spiro atoms. The number of rotatable bonds is 4. The summed E-state index contributed by atoms with van der Waals surface area (Å²) in [5, 5.41) is 10.2. The van der Waals surface area contributed by atoms with E-state index < -0.39 is 6.04 Å². The third kappa shape index (κ3) is 3.69. The van der Waals surface area contributed by atoms with Gasteiger partial charge in [-0.2, -0.15) is 0 Å². The molecule has 0 saturated heterocycles. The van der Waals surface area contributed by atoms with Gasteiger partial charge < -0.3 is 11.1 Å². The van der Waals surface area contributed by atoms with E-state index in [0.29, 0.717) is 5.65 Å². The van der Waals surface area contributed by atoms with Crippen LogP contribution in [0.25, 0.3) is 27.0 Å². The number of hydrogen-bond acceptors (Lipinski definition) is 6. The van der Waals surface area contributed by atoms with Gasteiger partial charge >= 0.3 is 0 Å². The SMILES string of the molecule is CC#Cc1csc2nc(C(C)NC(=O)c3c(N)nn4cccnc34)c(-c3ccccc3)cc12. The van der Waals surface area contributed by atoms with E-state index in [9.17, 15) is 4.79 Å². The van der Waals surface area contributed by atoms with E-state index >= 15 is 0 Å². The Morgan fingerprint density at radius 2 is 2.06 bits per heavy atom. The molecular formula is C25H20N6OS. The molecule has 3 N–H and O–H groups in total. The molecule has 0 radical (unpaired) electrons. The number of carbonyl (C=O) groups excluding carboxylic acids is 1. The third-order valence-electron chi connectivity index (χ3n) is 5.35. The molecule has 5 aromatic rings. The lowest BCUT2D eigenvalue weighted by Crippen LogP contribution is -2.28. The molecule has 7 nitrogen and oxygen atoms in total. The van der Waals surface area contributed by atoms with Crippen molar-refractivity contribution in [3.8, 4) is 23.0 Å². The number of nitrogens with one attached hydrogen (secondary N) is 1. The number of aromatic nitrogens is 4. The van der Waals surface area contributed by atoms with Gasteiger partial charge in [0.05, 0.1) is 11.7 Å². The van der Waals surface area contributed by atoms with Crippen LogP contribution in [0.3, 0.4) is 0 Å². The molecule has 0 aliphatic carbocycles. The van der Waals surface area contributed by atoms with Crippen LogP contribution in [-0.4, -0.2) is 25.5 Å². The smallest absolute Gasteiger partial charge is 0.259 e. The lowest BCUT2D eigenvalue weighted by atomic mass is 9.98. The molecule has 0 aliphatic heterocycles. The minimum Gasteiger partial charge on any atom is -0.381 e. The third-order valence-corrected chi connectivity index (χ3v) is 6.24. The van der Waals surface area contributed by atoms with Gasteiger partial charge in [-0.25, -0.2) is 14.5 Å². The van der Waals surface area contributed by atoms with Crippen LogP contribution in [0, 0.1) is 11.8 Å². The zero-order valence-electron chi connectivity index (χ0n) is 18.0. The molecule has 0 aliphatic rings. The molecule has 5 rings (SSSR count). The van der Waals surface area contributed by atoms with Crippen molar-refractivity contribution in [2.45, 2.75) is 19.9 Å². The van der Waals surface area contributed by atoms with Crippen molar-refractivity contribution in [3.05, 3.63) is 77.1 Å². The van der Waals surface area contributed by atoms with Gasteiger partial charge in [0, 0.05) is 34.3 Å². The lowest BCUT2D eigenvalue weighted by molar-refractivity contribution is 0.0941. The summed E-state index contributed by atoms with van der Waals surface area (Å²) in [4.78, 5) is 23.3. The summed E-state index contributed by atoms with van der Waals surface area (Å²) in [5.74, 6) is 5.90. The zero-order valence-corrected chi connectivity index (χ0v) is 18.9. The Balaban J connectivity index is 1.58. The first-order valence-electron chi connectivity index (χ1n) is 10.4. The van der Waals surface area contributed by atoms with Crippen molar-refractivity contribution in [3.63, 3.8) is 0 Å². The Morgan fingerprint density at radius 1 is 1.24 bits per heavy atom. The van der Waals surface area contributed by atoms with E-state index in [2.05, 4.69) is 33.3 Å². The summed E-state index contributed by atoms with van der Waals surface area (Å²) in [5.41, 5.74) is 10.4. The summed E-state index contributed by atoms with van der Waals surface area (Å²) >= 11 is 1.54. The fourth-order valence-electron chi connectivity index (χ4n) is 3.84. The number of nitrogen functional groups attached to an aromatic ring is 1. The molecule has 0 saturated carbocycles. The predicted molar refractivity (Wildman–Crippen MR) is 131 cm³/mol. The molecule has 8 heteroatoms. The Labute approximate surface area is 194 Å². The number of hydrogen-bond donors (Lipinski definition) is 2. The van der Waals surface area contributed by atoms with E-state index in [1.54, 1.807) is 29.8 Å². The predicted octanol–water partition coefficient (Wildman–Crippen LogP) is 4.45. The van der Waals surface area contributed by atoms with Crippen LogP contribution in [0.4, 0.5) is 5.82 Å². The Hall–Kier alpha value is -4.22. The van der Waals surface area contributed by atoms with Crippen LogP contribution in [0.2, 0.25) is 0 Å². The fraction of sp³-hybridized carbons (Fsp3) is 0.120. The van der Waals surface area contributed by atoms with Gasteiger partial charge in [-0.15, -0.1) is 22.4 Å². The zero-order chi connectivity index (χ0) is 22.9. The molecule has 0 fully saturated rings. The Bertz CT molecular complexity index is 1560. The molecule has 1 atom stereocenters. The highest BCUT2D eigenvalue weighted by Gasteiger charge is 2.23. The number of thiophene rings is 1. The van der Waals surface area contributed by atoms with Gasteiger partial charge in [0.2, 0.25) is 0 Å². The second kappa shape index (κ2) is 8.37. The van der Waals surface area contributed by atoms with Crippen molar-refractivity contribution in [2.24, 2.45) is 0 Å². The second-order valence-electron chi connectivity index (χ2n) is 7.51. The standard InChI is InChI=1S/C25H20N6OS/c1-3-8-17-14-33-25-19(17)13-18(16-9-5-4-6-10-16)21(29-25)15(2)28-24(32)20-22(26)30-31-12-7-11-27-23(20)31/h4-7,9-15H,1-2H3,(H2,26,30)(H,28,32). The van der Waals surface area contributed by atoms with Crippen LogP contribution in [0.1, 0.15) is 41.5 Å². The number of nitrogens with two attached hydrogens (primary N) is 1. The molecule has 4 aromatic heterocycles. The van der Waals surface area contributed by atoms with E-state index in [-0.39, 0.29) is 17.3 Å². The van der Waals surface area contributed by atoms with E-state index in [0.717, 1.165) is 32.6 Å². The fourth-order valence-corrected chi connectivity index (χ4v) is 4.70. The molecule has 4 heterocycles. The highest BCUT2D eigenvalue weighted by molar-refractivity contribution is 7.17. The van der Waals surface area contributed by atoms with Crippen LogP contribution in [0.15, 0.2) is 60.2 Å². The molecule has 1 aromatic carbocycles. The summed E-state index contributed by atoms with van der Waals surface area (Å²) < 4.78 is 1.50. The van der Waals surface area contributed by atoms with Crippen molar-refractivity contribution >= 4 is 38.9 Å². The molecule has 1 amide bonds. The van der Waals surface area contributed by atoms with E-state index in [1.807, 2.05) is 49.6 Å². The van der Waals surface area contributed by atoms with Crippen molar-refractivity contribution in [2.75, 3.05) is 5.73 Å². The van der Waals surface area contributed by atoms with Crippen LogP contribution in [-0.2, 0) is 0 Å². The van der Waals surface area contributed by atoms with Gasteiger partial charge in [-0.05, 0) is 31.5 Å². The number of fused-ring (bicyclic) bond motifs is 2. The summed E-state index contributed by atoms with van der Waals surface area (Å²) in [6.07, 6.45) is 3.31. The Kier molecular flexibility index (Phi) is 5.24. The number of pyridine rings is 1. The average Bonchev–Trinajstić information content (AvgIpc) is 3.38. The lowest BCUT2D eigenvalue weighted by Gasteiger charge is -2.18. The summed E-state index contributed by atoms with van der Waals surface area (Å²) in [6, 6.07) is 13.5. The Morgan fingerprint density at radius 3 is 2.85 bits per heavy atom. The van der Waals surface area contributed by atoms with E-state index in [1.165, 1.54) is 4.52 Å². The van der Waals surface area contributed by atoms with Crippen molar-refractivity contribution in [1.29, 1.82) is 0 Å². The number of benzene rings is 1. The minimum atomic E-state index is -0.391. The molecule has 33 heavy (non-hydrogen) atoms. The molecular weight excluding hydrogens is 432 g/mol. The summed E-state index contributed by atoms with van der Waals surface area (Å²) in [7, 11) is 0. The maximum atomic E-state index is 13.2. The molecule has 0 bridgehead atoms. The number of amides is 1. The first-order valence-corrected chi connectivity index (χ1v) is 11.2. The van der Waals surface area contributed by atoms with Crippen molar-refractivity contribution in [1.82, 2.24) is 24.9 Å². The van der Waals surface area contributed by atoms with E-state index in [4.69, 9.17) is 10.7 Å². The monoisotopic (exact) mass is 452 g/mol. The summed E-state index contributed by atoms with van der Waals surface area (Å²) in [6.45, 7) is 3.73. The first-order chi connectivity index (χ1) is 16.1. The topological polar surface area (TPSA) is 98.2 Å². The molecule has 1 unspecified atom stereocenters. The maximum Gasteiger partial charge on any atom is 0.259 e. The quantitative estimate of drug-likeness (QED) is 0.393. The molecule has 162 valence electrons. The number of carbonyl (C=O) groups is 1.